The van der Waals surface area contributed by atoms with Gasteiger partial charge >= 0.3 is 11.8 Å². The van der Waals surface area contributed by atoms with Crippen LogP contribution in [0.15, 0.2) is 12.3 Å². The fourth-order valence-corrected chi connectivity index (χ4v) is 4.41. The number of hydrogen-bond donors (Lipinski definition) is 2. The molecule has 2 aliphatic rings. The average Bonchev–Trinajstić information content (AvgIpc) is 3.21. The zero-order valence-electron chi connectivity index (χ0n) is 16.4. The van der Waals surface area contributed by atoms with Gasteiger partial charge in [0.05, 0.1) is 19.0 Å². The Morgan fingerprint density at radius 1 is 1.25 bits per heavy atom. The highest BCUT2D eigenvalue weighted by Gasteiger charge is 2.38. The van der Waals surface area contributed by atoms with Gasteiger partial charge in [0, 0.05) is 14.0 Å². The minimum atomic E-state index is -0.724. The van der Waals surface area contributed by atoms with E-state index >= 15 is 0 Å². The zero-order chi connectivity index (χ0) is 20.3. The maximum Gasteiger partial charge on any atom is 0.313 e. The molecule has 1 saturated carbocycles. The second kappa shape index (κ2) is 8.58. The summed E-state index contributed by atoms with van der Waals surface area (Å²) in [4.78, 5) is 42.8. The second-order valence-corrected chi connectivity index (χ2v) is 7.85. The van der Waals surface area contributed by atoms with Gasteiger partial charge in [0.2, 0.25) is 5.88 Å². The summed E-state index contributed by atoms with van der Waals surface area (Å²) in [6.07, 6.45) is 7.99. The predicted molar refractivity (Wildman–Crippen MR) is 106 cm³/mol. The summed E-state index contributed by atoms with van der Waals surface area (Å²) >= 11 is 0. The third-order valence-electron chi connectivity index (χ3n) is 5.83. The number of nitrogens with zero attached hydrogens (tertiary/aromatic N) is 2. The third-order valence-corrected chi connectivity index (χ3v) is 5.83. The molecule has 8 heteroatoms. The van der Waals surface area contributed by atoms with Gasteiger partial charge in [0.15, 0.2) is 0 Å². The summed E-state index contributed by atoms with van der Waals surface area (Å²) in [7, 11) is 1.37. The maximum absolute atomic E-state index is 12.9. The number of carbonyl (C=O) groups excluding carboxylic acids is 3. The van der Waals surface area contributed by atoms with Gasteiger partial charge in [-0.15, -0.1) is 0 Å². The van der Waals surface area contributed by atoms with Crippen molar-refractivity contribution in [2.75, 3.05) is 19.0 Å². The summed E-state index contributed by atoms with van der Waals surface area (Å²) in [6, 6.07) is 1.50. The Labute approximate surface area is 166 Å². The van der Waals surface area contributed by atoms with Crippen molar-refractivity contribution in [1.82, 2.24) is 9.88 Å². The summed E-state index contributed by atoms with van der Waals surface area (Å²) < 4.78 is 4.99. The molecule has 0 bridgehead atoms. The van der Waals surface area contributed by atoms with Crippen LogP contribution in [0.1, 0.15) is 57.2 Å². The minimum absolute atomic E-state index is 0. The number of ether oxygens (including phenoxy) is 1. The summed E-state index contributed by atoms with van der Waals surface area (Å²) in [5.74, 6) is -1.05. The first-order chi connectivity index (χ1) is 13.4. The van der Waals surface area contributed by atoms with Crippen LogP contribution in [0.2, 0.25) is 0 Å². The Kier molecular flexibility index (Phi) is 6.16. The Morgan fingerprint density at radius 2 is 1.96 bits per heavy atom. The fourth-order valence-electron chi connectivity index (χ4n) is 4.41. The molecule has 0 unspecified atom stereocenters. The smallest absolute Gasteiger partial charge is 0.313 e. The van der Waals surface area contributed by atoms with E-state index in [-0.39, 0.29) is 24.6 Å². The molecule has 2 atom stereocenters. The highest BCUT2D eigenvalue weighted by Crippen LogP contribution is 2.36. The van der Waals surface area contributed by atoms with Crippen LogP contribution in [0, 0.1) is 11.8 Å². The number of likely N-dealkylation sites (tertiary alicyclic amines) is 1. The molecule has 0 radical (unpaired) electrons. The Bertz CT molecular complexity index is 767. The summed E-state index contributed by atoms with van der Waals surface area (Å²) in [5.41, 5.74) is 5.60. The lowest BCUT2D eigenvalue weighted by Crippen LogP contribution is -2.52. The van der Waals surface area contributed by atoms with E-state index in [2.05, 4.69) is 17.2 Å². The van der Waals surface area contributed by atoms with Crippen molar-refractivity contribution in [2.45, 2.75) is 51.5 Å². The van der Waals surface area contributed by atoms with E-state index in [1.165, 1.54) is 32.2 Å². The van der Waals surface area contributed by atoms with Crippen molar-refractivity contribution in [2.24, 2.45) is 17.6 Å². The summed E-state index contributed by atoms with van der Waals surface area (Å²) in [5, 5.41) is 2.56. The number of piperidine rings is 1. The molecule has 2 fully saturated rings. The van der Waals surface area contributed by atoms with Crippen molar-refractivity contribution in [1.29, 1.82) is 0 Å². The molecular formula is C20H30N4O4. The fraction of sp³-hybridized carbons (Fsp3) is 0.600. The molecule has 28 heavy (non-hydrogen) atoms. The standard InChI is InChI=1S/C20H28N4O4.H2/c1-12-7-8-16(13-5-3-4-6-13)24(11-12)20(27)18(26)23-14-9-15(17(21)25)19(28-2)22-10-14;/h9-10,12-13,16H,3-8,11H2,1-2H3,(H2,21,25)(H,23,26);1H/t12-,16+;/m0./s1. The number of nitrogens with one attached hydrogen (secondary N) is 1. The van der Waals surface area contributed by atoms with Crippen LogP contribution in [0.5, 0.6) is 5.88 Å². The Balaban J connectivity index is 0.00000300. The van der Waals surface area contributed by atoms with Crippen LogP contribution in [-0.4, -0.2) is 47.3 Å². The molecule has 1 aliphatic carbocycles. The van der Waals surface area contributed by atoms with Crippen LogP contribution >= 0.6 is 0 Å². The van der Waals surface area contributed by atoms with Gasteiger partial charge in [-0.3, -0.25) is 14.4 Å². The number of aromatic nitrogens is 1. The van der Waals surface area contributed by atoms with E-state index in [1.54, 1.807) is 4.90 Å². The van der Waals surface area contributed by atoms with Crippen molar-refractivity contribution in [3.63, 3.8) is 0 Å². The topological polar surface area (TPSA) is 115 Å². The molecule has 0 aromatic carbocycles. The first-order valence-electron chi connectivity index (χ1n) is 9.86. The molecule has 3 N–H and O–H groups in total. The molecule has 1 aromatic rings. The number of amides is 3. The number of anilines is 1. The lowest BCUT2D eigenvalue weighted by molar-refractivity contribution is -0.147. The maximum atomic E-state index is 12.9. The minimum Gasteiger partial charge on any atom is -0.480 e. The van der Waals surface area contributed by atoms with Crippen LogP contribution in [-0.2, 0) is 9.59 Å². The van der Waals surface area contributed by atoms with Crippen molar-refractivity contribution < 1.29 is 20.5 Å². The van der Waals surface area contributed by atoms with Gasteiger partial charge in [0.1, 0.15) is 5.56 Å². The number of hydrogen-bond acceptors (Lipinski definition) is 5. The van der Waals surface area contributed by atoms with Crippen molar-refractivity contribution in [3.05, 3.63) is 17.8 Å². The summed E-state index contributed by atoms with van der Waals surface area (Å²) in [6.45, 7) is 2.70. The number of rotatable bonds is 4. The van der Waals surface area contributed by atoms with Crippen LogP contribution in [0.25, 0.3) is 0 Å². The molecule has 3 rings (SSSR count). The number of methoxy groups -OCH3 is 1. The second-order valence-electron chi connectivity index (χ2n) is 7.85. The van der Waals surface area contributed by atoms with E-state index in [1.807, 2.05) is 0 Å². The first kappa shape index (κ1) is 20.1. The molecule has 1 aromatic heterocycles. The van der Waals surface area contributed by atoms with E-state index < -0.39 is 17.7 Å². The average molecular weight is 390 g/mol. The Hall–Kier alpha value is -2.64. The molecule has 0 spiro atoms. The quantitative estimate of drug-likeness (QED) is 0.765. The van der Waals surface area contributed by atoms with Gasteiger partial charge in [0.25, 0.3) is 5.91 Å². The third kappa shape index (κ3) is 4.26. The Morgan fingerprint density at radius 3 is 2.61 bits per heavy atom. The molecule has 2 heterocycles. The number of primary amides is 1. The molecule has 154 valence electrons. The van der Waals surface area contributed by atoms with E-state index in [9.17, 15) is 14.4 Å². The molecular weight excluding hydrogens is 360 g/mol. The highest BCUT2D eigenvalue weighted by atomic mass is 16.5. The van der Waals surface area contributed by atoms with Crippen molar-refractivity contribution >= 4 is 23.4 Å². The van der Waals surface area contributed by atoms with Gasteiger partial charge in [-0.1, -0.05) is 19.8 Å². The monoisotopic (exact) mass is 390 g/mol. The largest absolute Gasteiger partial charge is 0.480 e. The molecule has 8 nitrogen and oxygen atoms in total. The van der Waals surface area contributed by atoms with E-state index in [4.69, 9.17) is 10.5 Å². The van der Waals surface area contributed by atoms with E-state index in [0.29, 0.717) is 18.4 Å². The zero-order valence-corrected chi connectivity index (χ0v) is 16.4. The number of pyridine rings is 1. The van der Waals surface area contributed by atoms with Gasteiger partial charge in [-0.25, -0.2) is 4.98 Å². The lowest BCUT2D eigenvalue weighted by Gasteiger charge is -2.41. The van der Waals surface area contributed by atoms with Crippen LogP contribution < -0.4 is 15.8 Å². The molecule has 3 amide bonds. The van der Waals surface area contributed by atoms with Crippen LogP contribution in [0.3, 0.4) is 0 Å². The lowest BCUT2D eigenvalue weighted by atomic mass is 9.85. The van der Waals surface area contributed by atoms with Gasteiger partial charge < -0.3 is 20.7 Å². The predicted octanol–water partition coefficient (Wildman–Crippen LogP) is 2.19. The van der Waals surface area contributed by atoms with Gasteiger partial charge in [-0.2, -0.15) is 0 Å². The normalized spacial score (nSPS) is 22.7. The first-order valence-corrected chi connectivity index (χ1v) is 9.86. The van der Waals surface area contributed by atoms with Gasteiger partial charge in [-0.05, 0) is 43.6 Å². The van der Waals surface area contributed by atoms with Crippen molar-refractivity contribution in [3.8, 4) is 5.88 Å². The number of nitrogens with two attached hydrogens (primary N) is 1. The van der Waals surface area contributed by atoms with E-state index in [0.717, 1.165) is 25.7 Å². The van der Waals surface area contributed by atoms with Crippen LogP contribution in [0.4, 0.5) is 5.69 Å². The molecule has 1 aliphatic heterocycles. The SMILES string of the molecule is COc1ncc(NC(=O)C(=O)N2C[C@@H](C)CC[C@@H]2C2CCCC2)cc1C(N)=O.[HH]. The molecule has 1 saturated heterocycles. The highest BCUT2D eigenvalue weighted by molar-refractivity contribution is 6.39. The number of carbonyl (C=O) groups is 3.